The number of ether oxygens (including phenoxy) is 2. The lowest BCUT2D eigenvalue weighted by atomic mass is 9.66. The van der Waals surface area contributed by atoms with E-state index in [4.69, 9.17) is 9.47 Å². The average Bonchev–Trinajstić information content (AvgIpc) is 3.94. The van der Waals surface area contributed by atoms with Crippen LogP contribution in [0.4, 0.5) is 17.1 Å². The maximum Gasteiger partial charge on any atom is 0.132 e. The molecule has 12 aromatic rings. The van der Waals surface area contributed by atoms with Crippen molar-refractivity contribution in [3.05, 3.63) is 305 Å². The number of fused-ring (bicyclic) bond motifs is 21. The molecule has 2 spiro atoms. The van der Waals surface area contributed by atoms with Crippen molar-refractivity contribution in [1.29, 1.82) is 0 Å². The van der Waals surface area contributed by atoms with Gasteiger partial charge in [0.1, 0.15) is 23.0 Å². The van der Waals surface area contributed by atoms with Crippen LogP contribution in [0.3, 0.4) is 0 Å². The van der Waals surface area contributed by atoms with Crippen molar-refractivity contribution < 1.29 is 9.47 Å². The third-order valence-electron chi connectivity index (χ3n) is 16.4. The second-order valence-corrected chi connectivity index (χ2v) is 19.8. The van der Waals surface area contributed by atoms with Crippen LogP contribution in [-0.4, -0.2) is 0 Å². The third-order valence-corrected chi connectivity index (χ3v) is 16.4. The molecule has 2 aliphatic heterocycles. The van der Waals surface area contributed by atoms with Gasteiger partial charge in [-0.3, -0.25) is 0 Å². The minimum Gasteiger partial charge on any atom is -0.457 e. The van der Waals surface area contributed by atoms with Gasteiger partial charge in [-0.15, -0.1) is 0 Å². The molecule has 2 heterocycles. The standard InChI is InChI=1S/C70H43NO2/c1-2-18-49-45(17-1)35-36-47-43-46(39-42-50(47)49)44-37-40-48(41-38-44)71(61-29-15-27-59-67(61)51-19-3-5-21-53(51)69(59)55-23-7-11-31-63(55)72-64-32-12-8-24-56(64)69)62-30-16-28-60-68(62)52-20-4-6-22-54(52)70(60)57-25-9-13-33-65(57)73-66-34-14-10-26-58(66)70/h1-43H. The molecule has 0 radical (unpaired) electrons. The summed E-state index contributed by atoms with van der Waals surface area (Å²) < 4.78 is 13.5. The summed E-state index contributed by atoms with van der Waals surface area (Å²) in [5, 5.41) is 5.02. The Bertz CT molecular complexity index is 4010. The van der Waals surface area contributed by atoms with Gasteiger partial charge in [-0.25, -0.2) is 0 Å². The lowest BCUT2D eigenvalue weighted by Crippen LogP contribution is -2.32. The van der Waals surface area contributed by atoms with Gasteiger partial charge < -0.3 is 14.4 Å². The van der Waals surface area contributed by atoms with Gasteiger partial charge in [-0.2, -0.15) is 0 Å². The van der Waals surface area contributed by atoms with Crippen LogP contribution in [-0.2, 0) is 10.8 Å². The van der Waals surface area contributed by atoms with Crippen molar-refractivity contribution in [2.45, 2.75) is 10.8 Å². The Hall–Kier alpha value is -9.44. The highest BCUT2D eigenvalue weighted by Crippen LogP contribution is 2.67. The first-order valence-electron chi connectivity index (χ1n) is 25.2. The molecular formula is C70H43NO2. The Kier molecular flexibility index (Phi) is 8.30. The highest BCUT2D eigenvalue weighted by molar-refractivity contribution is 6.09. The van der Waals surface area contributed by atoms with Crippen LogP contribution in [0, 0.1) is 0 Å². The van der Waals surface area contributed by atoms with Crippen molar-refractivity contribution in [1.82, 2.24) is 0 Å². The number of hydrogen-bond donors (Lipinski definition) is 0. The van der Waals surface area contributed by atoms with Gasteiger partial charge in [0.05, 0.1) is 22.2 Å². The van der Waals surface area contributed by atoms with Crippen LogP contribution < -0.4 is 14.4 Å². The summed E-state index contributed by atoms with van der Waals surface area (Å²) in [6.07, 6.45) is 0. The molecule has 3 heteroatoms. The van der Waals surface area contributed by atoms with Crippen molar-refractivity contribution >= 4 is 38.6 Å². The molecule has 340 valence electrons. The lowest BCUT2D eigenvalue weighted by molar-refractivity contribution is 0.436. The van der Waals surface area contributed by atoms with E-state index in [1.807, 2.05) is 0 Å². The van der Waals surface area contributed by atoms with Gasteiger partial charge in [0.15, 0.2) is 0 Å². The van der Waals surface area contributed by atoms with Crippen molar-refractivity contribution in [3.8, 4) is 56.4 Å². The number of hydrogen-bond acceptors (Lipinski definition) is 3. The molecule has 0 bridgehead atoms. The maximum atomic E-state index is 6.77. The first kappa shape index (κ1) is 40.3. The first-order chi connectivity index (χ1) is 36.2. The highest BCUT2D eigenvalue weighted by Gasteiger charge is 2.54. The van der Waals surface area contributed by atoms with Gasteiger partial charge in [0, 0.05) is 39.1 Å². The van der Waals surface area contributed by atoms with Gasteiger partial charge in [-0.1, -0.05) is 206 Å². The minimum atomic E-state index is -0.630. The molecule has 0 N–H and O–H groups in total. The first-order valence-corrected chi connectivity index (χ1v) is 25.2. The molecular weight excluding hydrogens is 887 g/mol. The van der Waals surface area contributed by atoms with E-state index in [1.165, 1.54) is 71.6 Å². The van der Waals surface area contributed by atoms with Crippen molar-refractivity contribution in [2.75, 3.05) is 4.90 Å². The summed E-state index contributed by atoms with van der Waals surface area (Å²) in [6, 6.07) is 95.8. The molecule has 73 heavy (non-hydrogen) atoms. The number of rotatable bonds is 4. The largest absolute Gasteiger partial charge is 0.457 e. The Morgan fingerprint density at radius 2 is 0.671 bits per heavy atom. The predicted octanol–water partition coefficient (Wildman–Crippen LogP) is 18.1. The van der Waals surface area contributed by atoms with E-state index < -0.39 is 10.8 Å². The van der Waals surface area contributed by atoms with E-state index in [0.717, 1.165) is 67.9 Å². The summed E-state index contributed by atoms with van der Waals surface area (Å²) in [4.78, 5) is 2.55. The van der Waals surface area contributed by atoms with E-state index >= 15 is 0 Å². The fraction of sp³-hybridized carbons (Fsp3) is 0.0286. The number of benzene rings is 12. The fourth-order valence-electron chi connectivity index (χ4n) is 13.5. The van der Waals surface area contributed by atoms with Crippen LogP contribution in [0.25, 0.3) is 54.9 Å². The Balaban J connectivity index is 0.975. The SMILES string of the molecule is c1ccc2c(c1)Oc1ccccc1C21c2ccccc2-c2c(N(c3ccc(-c4ccc5c(ccc6ccccc65)c4)cc3)c3cccc4c3-c3ccccc3C43c4ccccc4Oc4ccccc43)cccc21. The van der Waals surface area contributed by atoms with Gasteiger partial charge in [0.2, 0.25) is 0 Å². The molecule has 0 unspecified atom stereocenters. The number of para-hydroxylation sites is 4. The van der Waals surface area contributed by atoms with E-state index in [-0.39, 0.29) is 0 Å². The molecule has 4 aliphatic rings. The summed E-state index contributed by atoms with van der Waals surface area (Å²) in [7, 11) is 0. The van der Waals surface area contributed by atoms with E-state index in [9.17, 15) is 0 Å². The summed E-state index contributed by atoms with van der Waals surface area (Å²) in [6.45, 7) is 0. The summed E-state index contributed by atoms with van der Waals surface area (Å²) >= 11 is 0. The minimum absolute atomic E-state index is 0.630. The molecule has 0 fully saturated rings. The molecule has 16 rings (SSSR count). The van der Waals surface area contributed by atoms with E-state index in [1.54, 1.807) is 0 Å². The summed E-state index contributed by atoms with van der Waals surface area (Å²) in [5.41, 5.74) is 18.7. The molecule has 0 atom stereocenters. The number of anilines is 3. The molecule has 12 aromatic carbocycles. The zero-order valence-electron chi connectivity index (χ0n) is 39.6. The van der Waals surface area contributed by atoms with Crippen molar-refractivity contribution in [2.24, 2.45) is 0 Å². The highest BCUT2D eigenvalue weighted by atomic mass is 16.5. The smallest absolute Gasteiger partial charge is 0.132 e. The monoisotopic (exact) mass is 929 g/mol. The zero-order valence-corrected chi connectivity index (χ0v) is 39.6. The quantitative estimate of drug-likeness (QED) is 0.164. The molecule has 0 saturated carbocycles. The topological polar surface area (TPSA) is 21.7 Å². The van der Waals surface area contributed by atoms with Crippen LogP contribution in [0.2, 0.25) is 0 Å². The van der Waals surface area contributed by atoms with Crippen molar-refractivity contribution in [3.63, 3.8) is 0 Å². The Labute approximate surface area is 423 Å². The van der Waals surface area contributed by atoms with E-state index in [0.29, 0.717) is 0 Å². The second-order valence-electron chi connectivity index (χ2n) is 19.8. The fourth-order valence-corrected chi connectivity index (χ4v) is 13.5. The second kappa shape index (κ2) is 15.0. The molecule has 3 nitrogen and oxygen atoms in total. The van der Waals surface area contributed by atoms with Gasteiger partial charge in [-0.05, 0) is 121 Å². The molecule has 0 saturated heterocycles. The van der Waals surface area contributed by atoms with Crippen LogP contribution in [0.5, 0.6) is 23.0 Å². The maximum absolute atomic E-state index is 6.77. The van der Waals surface area contributed by atoms with Gasteiger partial charge >= 0.3 is 0 Å². The summed E-state index contributed by atoms with van der Waals surface area (Å²) in [5.74, 6) is 3.51. The zero-order chi connectivity index (χ0) is 47.8. The van der Waals surface area contributed by atoms with Gasteiger partial charge in [0.25, 0.3) is 0 Å². The predicted molar refractivity (Wildman–Crippen MR) is 296 cm³/mol. The molecule has 2 aliphatic carbocycles. The number of nitrogens with zero attached hydrogens (tertiary/aromatic N) is 1. The van der Waals surface area contributed by atoms with E-state index in [2.05, 4.69) is 266 Å². The van der Waals surface area contributed by atoms with Crippen LogP contribution >= 0.6 is 0 Å². The Morgan fingerprint density at radius 1 is 0.274 bits per heavy atom. The molecule has 0 aromatic heterocycles. The molecule has 0 amide bonds. The lowest BCUT2D eigenvalue weighted by Gasteiger charge is -2.40. The average molecular weight is 930 g/mol. The van der Waals surface area contributed by atoms with Crippen LogP contribution in [0.1, 0.15) is 44.5 Å². The Morgan fingerprint density at radius 3 is 1.19 bits per heavy atom. The normalized spacial score (nSPS) is 14.2. The third kappa shape index (κ3) is 5.33. The van der Waals surface area contributed by atoms with Crippen LogP contribution in [0.15, 0.2) is 261 Å².